The van der Waals surface area contributed by atoms with Gasteiger partial charge in [0.1, 0.15) is 0 Å². The van der Waals surface area contributed by atoms with Gasteiger partial charge in [0, 0.05) is 18.9 Å². The molecule has 0 aliphatic carbocycles. The molecule has 0 aliphatic rings. The number of hydrogen-bond acceptors (Lipinski definition) is 3. The van der Waals surface area contributed by atoms with Crippen molar-refractivity contribution in [3.05, 3.63) is 29.3 Å². The minimum Gasteiger partial charge on any atom is -0.263 e. The molecule has 0 unspecified atom stereocenters. The summed E-state index contributed by atoms with van der Waals surface area (Å²) in [6, 6.07) is 1.95. The van der Waals surface area contributed by atoms with Crippen molar-refractivity contribution in [3.63, 3.8) is 0 Å². The molecule has 2 heterocycles. The Morgan fingerprint density at radius 2 is 2.25 bits per heavy atom. The summed E-state index contributed by atoms with van der Waals surface area (Å²) in [4.78, 5) is 8.20. The smallest absolute Gasteiger partial charge is 0.222 e. The summed E-state index contributed by atoms with van der Waals surface area (Å²) in [5, 5.41) is 4.53. The van der Waals surface area contributed by atoms with Gasteiger partial charge in [-0.2, -0.15) is 5.10 Å². The highest BCUT2D eigenvalue weighted by molar-refractivity contribution is 6.28. The van der Waals surface area contributed by atoms with E-state index in [1.54, 1.807) is 12.4 Å². The summed E-state index contributed by atoms with van der Waals surface area (Å²) in [6.07, 6.45) is 4.54. The van der Waals surface area contributed by atoms with Crippen LogP contribution in [-0.2, 0) is 6.54 Å². The van der Waals surface area contributed by atoms with Crippen LogP contribution in [0.1, 0.15) is 18.9 Å². The molecule has 2 rings (SSSR count). The molecule has 0 amide bonds. The fraction of sp³-hybridized carbons (Fsp3) is 0.364. The Kier molecular flexibility index (Phi) is 3.19. The minimum atomic E-state index is 0.268. The van der Waals surface area contributed by atoms with Crippen molar-refractivity contribution in [1.82, 2.24) is 19.7 Å². The lowest BCUT2D eigenvalue weighted by Crippen LogP contribution is -2.03. The quantitative estimate of drug-likeness (QED) is 0.770. The fourth-order valence-corrected chi connectivity index (χ4v) is 1.74. The average molecular weight is 237 g/mol. The lowest BCUT2D eigenvalue weighted by Gasteiger charge is -2.07. The third kappa shape index (κ3) is 2.07. The van der Waals surface area contributed by atoms with Crippen LogP contribution in [0.4, 0.5) is 0 Å². The zero-order valence-electron chi connectivity index (χ0n) is 9.31. The Morgan fingerprint density at radius 1 is 1.44 bits per heavy atom. The molecule has 0 aromatic carbocycles. The van der Waals surface area contributed by atoms with Crippen LogP contribution in [0.5, 0.6) is 0 Å². The Labute approximate surface area is 99.3 Å². The molecule has 0 fully saturated rings. The van der Waals surface area contributed by atoms with E-state index in [-0.39, 0.29) is 5.28 Å². The van der Waals surface area contributed by atoms with Gasteiger partial charge in [0.15, 0.2) is 0 Å². The predicted octanol–water partition coefficient (Wildman–Crippen LogP) is 2.71. The van der Waals surface area contributed by atoms with Crippen molar-refractivity contribution in [1.29, 1.82) is 0 Å². The number of aromatic nitrogens is 4. The fourth-order valence-electron chi connectivity index (χ4n) is 1.60. The maximum Gasteiger partial charge on any atom is 0.222 e. The molecule has 0 spiro atoms. The molecule has 0 saturated heterocycles. The van der Waals surface area contributed by atoms with E-state index < -0.39 is 0 Å². The third-order valence-electron chi connectivity index (χ3n) is 2.34. The van der Waals surface area contributed by atoms with Crippen LogP contribution < -0.4 is 0 Å². The van der Waals surface area contributed by atoms with Crippen LogP contribution in [0.3, 0.4) is 0 Å². The molecule has 0 radical (unpaired) electrons. The molecule has 2 aromatic rings. The van der Waals surface area contributed by atoms with Gasteiger partial charge in [-0.3, -0.25) is 4.68 Å². The zero-order valence-corrected chi connectivity index (χ0v) is 10.1. The van der Waals surface area contributed by atoms with E-state index in [9.17, 15) is 0 Å². The van der Waals surface area contributed by atoms with Gasteiger partial charge in [0.05, 0.1) is 11.4 Å². The summed E-state index contributed by atoms with van der Waals surface area (Å²) in [5.74, 6) is 0. The maximum absolute atomic E-state index is 5.81. The van der Waals surface area contributed by atoms with Gasteiger partial charge in [-0.05, 0) is 36.6 Å². The summed E-state index contributed by atoms with van der Waals surface area (Å²) in [5.41, 5.74) is 2.84. The van der Waals surface area contributed by atoms with Gasteiger partial charge in [-0.25, -0.2) is 9.97 Å². The average Bonchev–Trinajstić information content (AvgIpc) is 2.70. The van der Waals surface area contributed by atoms with E-state index in [1.807, 2.05) is 17.7 Å². The molecule has 16 heavy (non-hydrogen) atoms. The van der Waals surface area contributed by atoms with Crippen molar-refractivity contribution in [2.24, 2.45) is 0 Å². The van der Waals surface area contributed by atoms with Crippen molar-refractivity contribution >= 4 is 11.6 Å². The second-order valence-corrected chi connectivity index (χ2v) is 3.95. The van der Waals surface area contributed by atoms with Crippen molar-refractivity contribution in [3.8, 4) is 11.4 Å². The maximum atomic E-state index is 5.81. The van der Waals surface area contributed by atoms with Crippen LogP contribution in [0.15, 0.2) is 18.5 Å². The van der Waals surface area contributed by atoms with E-state index in [0.29, 0.717) is 0 Å². The monoisotopic (exact) mass is 236 g/mol. The molecule has 84 valence electrons. The lowest BCUT2D eigenvalue weighted by molar-refractivity contribution is 0.607. The van der Waals surface area contributed by atoms with Crippen molar-refractivity contribution < 1.29 is 0 Å². The van der Waals surface area contributed by atoms with E-state index in [0.717, 1.165) is 29.9 Å². The van der Waals surface area contributed by atoms with Gasteiger partial charge in [0.2, 0.25) is 5.28 Å². The standard InChI is InChI=1S/C11H13ClN4/c1-3-6-16-9(4-5-14-16)10-8(2)7-13-11(12)15-10/h4-5,7H,3,6H2,1-2H3. The number of nitrogens with zero attached hydrogens (tertiary/aromatic N) is 4. The molecule has 0 bridgehead atoms. The SMILES string of the molecule is CCCn1nccc1-c1nc(Cl)ncc1C. The second kappa shape index (κ2) is 4.61. The molecule has 4 nitrogen and oxygen atoms in total. The third-order valence-corrected chi connectivity index (χ3v) is 2.52. The molecular formula is C11H13ClN4. The summed E-state index contributed by atoms with van der Waals surface area (Å²) in [7, 11) is 0. The van der Waals surface area contributed by atoms with Gasteiger partial charge >= 0.3 is 0 Å². The Morgan fingerprint density at radius 3 is 3.00 bits per heavy atom. The first-order chi connectivity index (χ1) is 7.72. The molecule has 2 aromatic heterocycles. The molecule has 5 heteroatoms. The van der Waals surface area contributed by atoms with Crippen LogP contribution in [0, 0.1) is 6.92 Å². The molecule has 0 N–H and O–H groups in total. The first kappa shape index (κ1) is 11.1. The predicted molar refractivity (Wildman–Crippen MR) is 63.3 cm³/mol. The highest BCUT2D eigenvalue weighted by atomic mass is 35.5. The van der Waals surface area contributed by atoms with E-state index in [2.05, 4.69) is 22.0 Å². The van der Waals surface area contributed by atoms with Gasteiger partial charge < -0.3 is 0 Å². The molecular weight excluding hydrogens is 224 g/mol. The molecule has 0 saturated carbocycles. The highest BCUT2D eigenvalue weighted by Gasteiger charge is 2.10. The van der Waals surface area contributed by atoms with Crippen molar-refractivity contribution in [2.45, 2.75) is 26.8 Å². The Hall–Kier alpha value is -1.42. The number of aryl methyl sites for hydroxylation is 2. The second-order valence-electron chi connectivity index (χ2n) is 3.61. The van der Waals surface area contributed by atoms with E-state index >= 15 is 0 Å². The zero-order chi connectivity index (χ0) is 11.5. The van der Waals surface area contributed by atoms with Gasteiger partial charge in [-0.1, -0.05) is 6.92 Å². The van der Waals surface area contributed by atoms with Crippen molar-refractivity contribution in [2.75, 3.05) is 0 Å². The van der Waals surface area contributed by atoms with E-state index in [4.69, 9.17) is 11.6 Å². The summed E-state index contributed by atoms with van der Waals surface area (Å²) in [6.45, 7) is 4.96. The lowest BCUT2D eigenvalue weighted by atomic mass is 10.2. The van der Waals surface area contributed by atoms with Gasteiger partial charge in [-0.15, -0.1) is 0 Å². The first-order valence-corrected chi connectivity index (χ1v) is 5.61. The van der Waals surface area contributed by atoms with Crippen LogP contribution in [-0.4, -0.2) is 19.7 Å². The summed E-state index contributed by atoms with van der Waals surface area (Å²) >= 11 is 5.81. The largest absolute Gasteiger partial charge is 0.263 e. The Balaban J connectivity index is 2.49. The normalized spacial score (nSPS) is 10.7. The van der Waals surface area contributed by atoms with Crippen LogP contribution in [0.2, 0.25) is 5.28 Å². The summed E-state index contributed by atoms with van der Waals surface area (Å²) < 4.78 is 1.94. The molecule has 0 aliphatic heterocycles. The Bertz CT molecular complexity index is 492. The minimum absolute atomic E-state index is 0.268. The van der Waals surface area contributed by atoms with Crippen LogP contribution in [0.25, 0.3) is 11.4 Å². The number of rotatable bonds is 3. The first-order valence-electron chi connectivity index (χ1n) is 5.23. The van der Waals surface area contributed by atoms with E-state index in [1.165, 1.54) is 0 Å². The molecule has 0 atom stereocenters. The van der Waals surface area contributed by atoms with Crippen LogP contribution >= 0.6 is 11.6 Å². The number of hydrogen-bond donors (Lipinski definition) is 0. The topological polar surface area (TPSA) is 43.6 Å². The number of halogens is 1. The highest BCUT2D eigenvalue weighted by Crippen LogP contribution is 2.21. The van der Waals surface area contributed by atoms with Gasteiger partial charge in [0.25, 0.3) is 0 Å².